The minimum atomic E-state index is -1.66. The molecule has 22 heavy (non-hydrogen) atoms. The standard InChI is InChI=1S/C18H17O4/c1-13-8-10-15(11-9-13)18(22-12-19,17(20)21-3)16-7-5-4-6-14(16)2/h4-11H,1-3H3. The largest absolute Gasteiger partial charge is 0.466 e. The first-order chi connectivity index (χ1) is 10.6. The molecule has 0 spiro atoms. The van der Waals surface area contributed by atoms with Gasteiger partial charge in [0.2, 0.25) is 0 Å². The molecule has 2 aromatic carbocycles. The lowest BCUT2D eigenvalue weighted by Crippen LogP contribution is -2.41. The molecule has 2 aromatic rings. The molecule has 0 aliphatic rings. The second-order valence-electron chi connectivity index (χ2n) is 5.04. The third-order valence-electron chi connectivity index (χ3n) is 3.65. The predicted molar refractivity (Wildman–Crippen MR) is 81.9 cm³/mol. The van der Waals surface area contributed by atoms with Crippen LogP contribution >= 0.6 is 0 Å². The molecule has 1 unspecified atom stereocenters. The van der Waals surface area contributed by atoms with Crippen LogP contribution < -0.4 is 0 Å². The van der Waals surface area contributed by atoms with Crippen LogP contribution in [-0.2, 0) is 24.7 Å². The van der Waals surface area contributed by atoms with E-state index >= 15 is 0 Å². The summed E-state index contributed by atoms with van der Waals surface area (Å²) in [5.41, 5.74) is 1.25. The van der Waals surface area contributed by atoms with Gasteiger partial charge < -0.3 is 9.47 Å². The van der Waals surface area contributed by atoms with Crippen molar-refractivity contribution in [3.63, 3.8) is 0 Å². The Hall–Kier alpha value is -2.62. The maximum Gasteiger partial charge on any atom is 0.419 e. The molecule has 0 aliphatic heterocycles. The molecule has 0 saturated carbocycles. The number of rotatable bonds is 5. The second-order valence-corrected chi connectivity index (χ2v) is 5.04. The molecule has 0 fully saturated rings. The Bertz CT molecular complexity index is 676. The zero-order valence-corrected chi connectivity index (χ0v) is 12.8. The third-order valence-corrected chi connectivity index (χ3v) is 3.65. The summed E-state index contributed by atoms with van der Waals surface area (Å²) >= 11 is 0. The second kappa shape index (κ2) is 6.43. The van der Waals surface area contributed by atoms with E-state index in [1.807, 2.05) is 38.1 Å². The first-order valence-electron chi connectivity index (χ1n) is 6.83. The minimum Gasteiger partial charge on any atom is -0.466 e. The van der Waals surface area contributed by atoms with Gasteiger partial charge in [-0.05, 0) is 19.4 Å². The number of hydrogen-bond donors (Lipinski definition) is 0. The minimum absolute atomic E-state index is 0.516. The van der Waals surface area contributed by atoms with Gasteiger partial charge in [-0.2, -0.15) is 0 Å². The highest BCUT2D eigenvalue weighted by Gasteiger charge is 2.47. The molecule has 0 saturated heterocycles. The summed E-state index contributed by atoms with van der Waals surface area (Å²) in [4.78, 5) is 23.5. The van der Waals surface area contributed by atoms with E-state index < -0.39 is 11.6 Å². The third kappa shape index (κ3) is 2.60. The zero-order chi connectivity index (χ0) is 16.2. The van der Waals surface area contributed by atoms with E-state index in [2.05, 4.69) is 0 Å². The van der Waals surface area contributed by atoms with E-state index in [0.717, 1.165) is 11.1 Å². The molecule has 0 N–H and O–H groups in total. The molecule has 4 nitrogen and oxygen atoms in total. The lowest BCUT2D eigenvalue weighted by Gasteiger charge is -2.30. The Morgan fingerprint density at radius 3 is 2.23 bits per heavy atom. The summed E-state index contributed by atoms with van der Waals surface area (Å²) in [7, 11) is 1.26. The molecule has 4 heteroatoms. The highest BCUT2D eigenvalue weighted by molar-refractivity contribution is 5.87. The molecule has 1 radical (unpaired) electrons. The van der Waals surface area contributed by atoms with Crippen molar-refractivity contribution in [1.82, 2.24) is 0 Å². The topological polar surface area (TPSA) is 52.6 Å². The Kier molecular flexibility index (Phi) is 4.61. The lowest BCUT2D eigenvalue weighted by atomic mass is 9.83. The highest BCUT2D eigenvalue weighted by atomic mass is 16.6. The van der Waals surface area contributed by atoms with Crippen molar-refractivity contribution in [2.24, 2.45) is 0 Å². The van der Waals surface area contributed by atoms with Gasteiger partial charge in [-0.25, -0.2) is 9.59 Å². The fourth-order valence-electron chi connectivity index (χ4n) is 2.50. The maximum atomic E-state index is 12.5. The van der Waals surface area contributed by atoms with Gasteiger partial charge in [-0.3, -0.25) is 0 Å². The molecule has 2 rings (SSSR count). The SMILES string of the molecule is COC(=O)C(O[C]=O)(c1ccc(C)cc1)c1ccccc1C. The first-order valence-corrected chi connectivity index (χ1v) is 6.83. The number of carbonyl (C=O) groups is 1. The van der Waals surface area contributed by atoms with Crippen LogP contribution in [0.25, 0.3) is 0 Å². The van der Waals surface area contributed by atoms with Crippen molar-refractivity contribution >= 4 is 12.4 Å². The van der Waals surface area contributed by atoms with Crippen LogP contribution in [0.4, 0.5) is 0 Å². The smallest absolute Gasteiger partial charge is 0.419 e. The Morgan fingerprint density at radius 1 is 1.05 bits per heavy atom. The number of carbonyl (C=O) groups excluding carboxylic acids is 2. The zero-order valence-electron chi connectivity index (χ0n) is 12.8. The van der Waals surface area contributed by atoms with E-state index in [9.17, 15) is 9.59 Å². The van der Waals surface area contributed by atoms with Gasteiger partial charge in [0.25, 0.3) is 5.60 Å². The van der Waals surface area contributed by atoms with Gasteiger partial charge in [-0.15, -0.1) is 0 Å². The number of hydrogen-bond acceptors (Lipinski definition) is 4. The number of esters is 1. The Morgan fingerprint density at radius 2 is 1.68 bits per heavy atom. The van der Waals surface area contributed by atoms with Gasteiger partial charge >= 0.3 is 12.4 Å². The fraction of sp³-hybridized carbons (Fsp3) is 0.222. The van der Waals surface area contributed by atoms with E-state index in [4.69, 9.17) is 9.47 Å². The molecule has 0 aromatic heterocycles. The van der Waals surface area contributed by atoms with Crippen molar-refractivity contribution in [2.75, 3.05) is 7.11 Å². The number of benzene rings is 2. The van der Waals surface area contributed by atoms with E-state index in [1.54, 1.807) is 24.3 Å². The molecule has 0 heterocycles. The molecular weight excluding hydrogens is 280 g/mol. The summed E-state index contributed by atoms with van der Waals surface area (Å²) in [6.07, 6.45) is 0. The van der Waals surface area contributed by atoms with E-state index in [1.165, 1.54) is 13.6 Å². The van der Waals surface area contributed by atoms with E-state index in [-0.39, 0.29) is 0 Å². The number of ether oxygens (including phenoxy) is 2. The monoisotopic (exact) mass is 297 g/mol. The highest BCUT2D eigenvalue weighted by Crippen LogP contribution is 2.36. The van der Waals surface area contributed by atoms with Crippen LogP contribution in [0.2, 0.25) is 0 Å². The van der Waals surface area contributed by atoms with Crippen molar-refractivity contribution in [3.8, 4) is 0 Å². The summed E-state index contributed by atoms with van der Waals surface area (Å²) in [5, 5.41) is 0. The molecule has 0 amide bonds. The van der Waals surface area contributed by atoms with Gasteiger partial charge in [-0.1, -0.05) is 54.1 Å². The lowest BCUT2D eigenvalue weighted by molar-refractivity contribution is -0.157. The molecule has 0 bridgehead atoms. The first kappa shape index (κ1) is 15.8. The average Bonchev–Trinajstić information content (AvgIpc) is 2.53. The van der Waals surface area contributed by atoms with Gasteiger partial charge in [0.05, 0.1) is 7.11 Å². The predicted octanol–water partition coefficient (Wildman–Crippen LogP) is 2.80. The average molecular weight is 297 g/mol. The summed E-state index contributed by atoms with van der Waals surface area (Å²) in [6.45, 7) is 5.19. The number of methoxy groups -OCH3 is 1. The van der Waals surface area contributed by atoms with Crippen molar-refractivity contribution in [1.29, 1.82) is 0 Å². The normalized spacial score (nSPS) is 13.0. The fourth-order valence-corrected chi connectivity index (χ4v) is 2.50. The van der Waals surface area contributed by atoms with Crippen molar-refractivity contribution in [3.05, 3.63) is 70.8 Å². The van der Waals surface area contributed by atoms with Gasteiger partial charge in [0.15, 0.2) is 0 Å². The van der Waals surface area contributed by atoms with Crippen LogP contribution in [0.3, 0.4) is 0 Å². The molecule has 0 aliphatic carbocycles. The Balaban J connectivity index is 2.77. The van der Waals surface area contributed by atoms with Crippen LogP contribution in [0, 0.1) is 13.8 Å². The van der Waals surface area contributed by atoms with E-state index in [0.29, 0.717) is 11.1 Å². The quantitative estimate of drug-likeness (QED) is 0.796. The van der Waals surface area contributed by atoms with Crippen LogP contribution in [0.1, 0.15) is 22.3 Å². The van der Waals surface area contributed by atoms with Crippen LogP contribution in [-0.4, -0.2) is 19.6 Å². The summed E-state index contributed by atoms with van der Waals surface area (Å²) in [5.74, 6) is -0.672. The van der Waals surface area contributed by atoms with Crippen molar-refractivity contribution < 1.29 is 19.1 Å². The van der Waals surface area contributed by atoms with Gasteiger partial charge in [0.1, 0.15) is 0 Å². The van der Waals surface area contributed by atoms with Crippen LogP contribution in [0.5, 0.6) is 0 Å². The van der Waals surface area contributed by atoms with Crippen molar-refractivity contribution in [2.45, 2.75) is 19.4 Å². The number of aryl methyl sites for hydroxylation is 2. The summed E-state index contributed by atoms with van der Waals surface area (Å²) < 4.78 is 10.1. The summed E-state index contributed by atoms with van der Waals surface area (Å²) in [6, 6.07) is 14.4. The molecule has 113 valence electrons. The molecule has 1 atom stereocenters. The molecular formula is C18H17O4. The Labute approximate surface area is 129 Å². The van der Waals surface area contributed by atoms with Gasteiger partial charge in [0, 0.05) is 11.1 Å². The maximum absolute atomic E-state index is 12.5. The van der Waals surface area contributed by atoms with Crippen LogP contribution in [0.15, 0.2) is 48.5 Å².